The fourth-order valence-electron chi connectivity index (χ4n) is 2.75. The SMILES string of the molecule is CC1(C)CCCC(Nc2ccc(C(=O)O)cc2)CC1. The molecule has 2 N–H and O–H groups in total. The van der Waals surface area contributed by atoms with Crippen LogP contribution in [0, 0.1) is 5.41 Å². The first-order valence-electron chi connectivity index (χ1n) is 7.06. The number of anilines is 1. The molecule has 0 radical (unpaired) electrons. The molecule has 1 aromatic carbocycles. The first-order valence-corrected chi connectivity index (χ1v) is 7.06. The minimum absolute atomic E-state index is 0.340. The van der Waals surface area contributed by atoms with E-state index in [1.807, 2.05) is 12.1 Å². The molecule has 3 heteroatoms. The second-order valence-corrected chi connectivity index (χ2v) is 6.32. The van der Waals surface area contributed by atoms with Gasteiger partial charge in [0.05, 0.1) is 5.56 Å². The van der Waals surface area contributed by atoms with Gasteiger partial charge in [0.15, 0.2) is 0 Å². The Kier molecular flexibility index (Phi) is 4.13. The zero-order valence-corrected chi connectivity index (χ0v) is 11.8. The number of rotatable bonds is 3. The molecular formula is C16H23NO2. The van der Waals surface area contributed by atoms with Crippen LogP contribution in [0.15, 0.2) is 24.3 Å². The van der Waals surface area contributed by atoms with Gasteiger partial charge in [-0.25, -0.2) is 4.79 Å². The van der Waals surface area contributed by atoms with Crippen LogP contribution in [0.4, 0.5) is 5.69 Å². The topological polar surface area (TPSA) is 49.3 Å². The molecule has 0 saturated heterocycles. The average molecular weight is 261 g/mol. The van der Waals surface area contributed by atoms with E-state index < -0.39 is 5.97 Å². The molecule has 1 aliphatic rings. The highest BCUT2D eigenvalue weighted by Gasteiger charge is 2.24. The summed E-state index contributed by atoms with van der Waals surface area (Å²) in [4.78, 5) is 10.8. The zero-order valence-electron chi connectivity index (χ0n) is 11.8. The molecular weight excluding hydrogens is 238 g/mol. The molecule has 0 amide bonds. The Labute approximate surface area is 115 Å². The van der Waals surface area contributed by atoms with Crippen molar-refractivity contribution in [3.63, 3.8) is 0 Å². The number of carbonyl (C=O) groups is 1. The lowest BCUT2D eigenvalue weighted by Gasteiger charge is -2.22. The van der Waals surface area contributed by atoms with Crippen LogP contribution in [-0.2, 0) is 0 Å². The van der Waals surface area contributed by atoms with Gasteiger partial charge in [-0.15, -0.1) is 0 Å². The van der Waals surface area contributed by atoms with Gasteiger partial charge in [-0.2, -0.15) is 0 Å². The molecule has 0 heterocycles. The summed E-state index contributed by atoms with van der Waals surface area (Å²) in [6, 6.07) is 7.55. The van der Waals surface area contributed by atoms with Gasteiger partial charge in [0.1, 0.15) is 0 Å². The normalized spacial score (nSPS) is 22.5. The number of hydrogen-bond acceptors (Lipinski definition) is 2. The quantitative estimate of drug-likeness (QED) is 0.803. The number of benzene rings is 1. The molecule has 1 fully saturated rings. The molecule has 1 unspecified atom stereocenters. The standard InChI is InChI=1S/C16H23NO2/c1-16(2)10-3-4-13(9-11-16)17-14-7-5-12(6-8-14)15(18)19/h5-8,13,17H,3-4,9-11H2,1-2H3,(H,18,19). The third-order valence-electron chi connectivity index (χ3n) is 4.08. The predicted molar refractivity (Wildman–Crippen MR) is 77.7 cm³/mol. The van der Waals surface area contributed by atoms with Crippen LogP contribution in [-0.4, -0.2) is 17.1 Å². The maximum atomic E-state index is 10.8. The number of hydrogen-bond donors (Lipinski definition) is 2. The van der Waals surface area contributed by atoms with Crippen LogP contribution >= 0.6 is 0 Å². The van der Waals surface area contributed by atoms with Crippen molar-refractivity contribution >= 4 is 11.7 Å². The number of carboxylic acid groups (broad SMARTS) is 1. The third kappa shape index (κ3) is 3.98. The Hall–Kier alpha value is -1.51. The maximum absolute atomic E-state index is 10.8. The van der Waals surface area contributed by atoms with Crippen LogP contribution in [0.3, 0.4) is 0 Å². The Bertz CT molecular complexity index is 437. The van der Waals surface area contributed by atoms with Gasteiger partial charge in [0.25, 0.3) is 0 Å². The first kappa shape index (κ1) is 13.9. The summed E-state index contributed by atoms with van der Waals surface area (Å²) >= 11 is 0. The van der Waals surface area contributed by atoms with Crippen molar-refractivity contribution in [2.75, 3.05) is 5.32 Å². The molecule has 1 aliphatic carbocycles. The molecule has 2 rings (SSSR count). The van der Waals surface area contributed by atoms with Crippen molar-refractivity contribution in [1.82, 2.24) is 0 Å². The Morgan fingerprint density at radius 1 is 1.21 bits per heavy atom. The van der Waals surface area contributed by atoms with E-state index in [1.54, 1.807) is 12.1 Å². The highest BCUT2D eigenvalue weighted by Crippen LogP contribution is 2.34. The van der Waals surface area contributed by atoms with Gasteiger partial charge in [-0.3, -0.25) is 0 Å². The van der Waals surface area contributed by atoms with Crippen molar-refractivity contribution in [2.24, 2.45) is 5.41 Å². The molecule has 0 aliphatic heterocycles. The minimum atomic E-state index is -0.872. The predicted octanol–water partition coefficient (Wildman–Crippen LogP) is 4.16. The van der Waals surface area contributed by atoms with Gasteiger partial charge in [-0.1, -0.05) is 20.3 Å². The summed E-state index contributed by atoms with van der Waals surface area (Å²) in [6.45, 7) is 4.69. The summed E-state index contributed by atoms with van der Waals surface area (Å²) in [5.74, 6) is -0.872. The minimum Gasteiger partial charge on any atom is -0.478 e. The fraction of sp³-hybridized carbons (Fsp3) is 0.562. The van der Waals surface area contributed by atoms with Gasteiger partial charge < -0.3 is 10.4 Å². The lowest BCUT2D eigenvalue weighted by molar-refractivity contribution is 0.0697. The Morgan fingerprint density at radius 2 is 1.89 bits per heavy atom. The second-order valence-electron chi connectivity index (χ2n) is 6.32. The molecule has 1 atom stereocenters. The maximum Gasteiger partial charge on any atom is 0.335 e. The number of aromatic carboxylic acids is 1. The summed E-state index contributed by atoms with van der Waals surface area (Å²) in [7, 11) is 0. The van der Waals surface area contributed by atoms with E-state index in [0.717, 1.165) is 5.69 Å². The molecule has 19 heavy (non-hydrogen) atoms. The first-order chi connectivity index (χ1) is 8.96. The lowest BCUT2D eigenvalue weighted by Crippen LogP contribution is -2.19. The smallest absolute Gasteiger partial charge is 0.335 e. The van der Waals surface area contributed by atoms with Crippen LogP contribution < -0.4 is 5.32 Å². The third-order valence-corrected chi connectivity index (χ3v) is 4.08. The molecule has 0 bridgehead atoms. The van der Waals surface area contributed by atoms with Crippen molar-refractivity contribution in [3.8, 4) is 0 Å². The largest absolute Gasteiger partial charge is 0.478 e. The second kappa shape index (κ2) is 5.64. The monoisotopic (exact) mass is 261 g/mol. The van der Waals surface area contributed by atoms with E-state index in [-0.39, 0.29) is 0 Å². The van der Waals surface area contributed by atoms with Crippen LogP contribution in [0.25, 0.3) is 0 Å². The highest BCUT2D eigenvalue weighted by molar-refractivity contribution is 5.87. The molecule has 0 aromatic heterocycles. The van der Waals surface area contributed by atoms with Crippen molar-refractivity contribution in [3.05, 3.63) is 29.8 Å². The Morgan fingerprint density at radius 3 is 2.53 bits per heavy atom. The molecule has 3 nitrogen and oxygen atoms in total. The van der Waals surface area contributed by atoms with Crippen molar-refractivity contribution in [2.45, 2.75) is 52.0 Å². The summed E-state index contributed by atoms with van der Waals surface area (Å²) < 4.78 is 0. The van der Waals surface area contributed by atoms with E-state index in [4.69, 9.17) is 5.11 Å². The van der Waals surface area contributed by atoms with Crippen molar-refractivity contribution in [1.29, 1.82) is 0 Å². The van der Waals surface area contributed by atoms with Gasteiger partial charge in [0, 0.05) is 11.7 Å². The van der Waals surface area contributed by atoms with Crippen LogP contribution in [0.5, 0.6) is 0 Å². The molecule has 1 aromatic rings. The molecule has 104 valence electrons. The van der Waals surface area contributed by atoms with E-state index >= 15 is 0 Å². The average Bonchev–Trinajstić information content (AvgIpc) is 2.52. The Balaban J connectivity index is 1.95. The van der Waals surface area contributed by atoms with Gasteiger partial charge in [-0.05, 0) is 55.4 Å². The van der Waals surface area contributed by atoms with Gasteiger partial charge in [0.2, 0.25) is 0 Å². The van der Waals surface area contributed by atoms with Crippen molar-refractivity contribution < 1.29 is 9.90 Å². The van der Waals surface area contributed by atoms with E-state index in [2.05, 4.69) is 19.2 Å². The number of carboxylic acids is 1. The fourth-order valence-corrected chi connectivity index (χ4v) is 2.75. The van der Waals surface area contributed by atoms with Gasteiger partial charge >= 0.3 is 5.97 Å². The highest BCUT2D eigenvalue weighted by atomic mass is 16.4. The lowest BCUT2D eigenvalue weighted by atomic mass is 9.85. The molecule has 1 saturated carbocycles. The summed E-state index contributed by atoms with van der Waals surface area (Å²) in [6.07, 6.45) is 6.19. The summed E-state index contributed by atoms with van der Waals surface area (Å²) in [5.41, 5.74) is 1.83. The zero-order chi connectivity index (χ0) is 13.9. The van der Waals surface area contributed by atoms with E-state index in [0.29, 0.717) is 17.0 Å². The number of nitrogens with one attached hydrogen (secondary N) is 1. The molecule has 0 spiro atoms. The van der Waals surface area contributed by atoms with Crippen LogP contribution in [0.2, 0.25) is 0 Å². The summed E-state index contributed by atoms with van der Waals surface area (Å²) in [5, 5.41) is 12.4. The van der Waals surface area contributed by atoms with E-state index in [9.17, 15) is 4.79 Å². The van der Waals surface area contributed by atoms with E-state index in [1.165, 1.54) is 32.1 Å². The van der Waals surface area contributed by atoms with Crippen LogP contribution in [0.1, 0.15) is 56.3 Å².